The molecule has 2 fully saturated rings. The average Bonchev–Trinajstić information content (AvgIpc) is 3.37. The molecule has 2 aliphatic rings. The third kappa shape index (κ3) is 7.51. The Hall–Kier alpha value is -3.60. The van der Waals surface area contributed by atoms with E-state index in [2.05, 4.69) is 30.9 Å². The van der Waals surface area contributed by atoms with E-state index < -0.39 is 60.5 Å². The molecule has 2 saturated carbocycles. The van der Waals surface area contributed by atoms with Crippen LogP contribution in [0.15, 0.2) is 18.2 Å². The summed E-state index contributed by atoms with van der Waals surface area (Å²) in [4.78, 5) is 36.8. The van der Waals surface area contributed by atoms with E-state index in [0.717, 1.165) is 0 Å². The highest BCUT2D eigenvalue weighted by atomic mass is 35.5. The van der Waals surface area contributed by atoms with E-state index in [-0.39, 0.29) is 95.5 Å². The van der Waals surface area contributed by atoms with Gasteiger partial charge in [-0.1, -0.05) is 35.7 Å². The lowest BCUT2D eigenvalue weighted by Crippen LogP contribution is -2.54. The molecule has 2 aliphatic carbocycles. The second kappa shape index (κ2) is 13.7. The lowest BCUT2D eigenvalue weighted by molar-refractivity contribution is -0.243. The first-order valence-corrected chi connectivity index (χ1v) is 15.5. The van der Waals surface area contributed by atoms with Crippen molar-refractivity contribution in [3.05, 3.63) is 39.4 Å². The minimum atomic E-state index is -4.71. The van der Waals surface area contributed by atoms with E-state index in [1.165, 1.54) is 18.2 Å². The molecular formula is C29H28Cl2F8N6O3. The number of carbonyl (C=O) groups excluding carboxylic acids is 2. The van der Waals surface area contributed by atoms with Gasteiger partial charge in [-0.15, -0.1) is 0 Å². The molecule has 9 nitrogen and oxygen atoms in total. The zero-order valence-corrected chi connectivity index (χ0v) is 26.2. The summed E-state index contributed by atoms with van der Waals surface area (Å²) in [5, 5.41) is 7.76. The van der Waals surface area contributed by atoms with Gasteiger partial charge in [0.25, 0.3) is 12.3 Å². The maximum absolute atomic E-state index is 13.6. The van der Waals surface area contributed by atoms with E-state index >= 15 is 0 Å². The van der Waals surface area contributed by atoms with Crippen LogP contribution in [0.1, 0.15) is 60.9 Å². The number of imidazole rings is 1. The first-order chi connectivity index (χ1) is 22.5. The molecule has 4 N–H and O–H groups in total. The maximum Gasteiger partial charge on any atom is 0.403 e. The quantitative estimate of drug-likeness (QED) is 0.158. The Labute approximate surface area is 277 Å². The van der Waals surface area contributed by atoms with Crippen molar-refractivity contribution in [1.82, 2.24) is 25.6 Å². The van der Waals surface area contributed by atoms with Crippen molar-refractivity contribution in [1.29, 1.82) is 0 Å². The van der Waals surface area contributed by atoms with Crippen molar-refractivity contribution in [2.24, 2.45) is 11.3 Å². The fourth-order valence-electron chi connectivity index (χ4n) is 5.71. The highest BCUT2D eigenvalue weighted by Crippen LogP contribution is 2.53. The number of pyridine rings is 1. The van der Waals surface area contributed by atoms with Crippen LogP contribution in [-0.4, -0.2) is 58.2 Å². The lowest BCUT2D eigenvalue weighted by atomic mass is 9.67. The summed E-state index contributed by atoms with van der Waals surface area (Å²) < 4.78 is 111. The minimum Gasteiger partial charge on any atom is -0.471 e. The molecule has 0 spiro atoms. The molecule has 0 aliphatic heterocycles. The number of fused-ring (bicyclic) bond motifs is 1. The SMILES string of the molecule is O=C(N[C@H]1CC[C@H](C(F)(F)F)CC1)c1cc2[nH]c(Nc3c(Cl)ccc(CNC(=O)C4(C(F)(F)F)CCC4)c3Cl)nc2nc1OCC(F)F. The molecule has 2 heterocycles. The van der Waals surface area contributed by atoms with Gasteiger partial charge in [-0.25, -0.2) is 8.78 Å². The zero-order valence-electron chi connectivity index (χ0n) is 24.7. The number of benzene rings is 1. The van der Waals surface area contributed by atoms with E-state index in [1.807, 2.05) is 0 Å². The minimum absolute atomic E-state index is 0.0455. The molecule has 48 heavy (non-hydrogen) atoms. The summed E-state index contributed by atoms with van der Waals surface area (Å²) >= 11 is 12.8. The predicted molar refractivity (Wildman–Crippen MR) is 159 cm³/mol. The average molecular weight is 731 g/mol. The van der Waals surface area contributed by atoms with Crippen LogP contribution >= 0.6 is 23.2 Å². The van der Waals surface area contributed by atoms with Gasteiger partial charge in [-0.2, -0.15) is 36.3 Å². The normalized spacial score (nSPS) is 19.6. The van der Waals surface area contributed by atoms with Crippen LogP contribution in [0, 0.1) is 11.3 Å². The van der Waals surface area contributed by atoms with Gasteiger partial charge in [-0.05, 0) is 56.2 Å². The number of rotatable bonds is 10. The van der Waals surface area contributed by atoms with Gasteiger partial charge in [-0.3, -0.25) is 9.59 Å². The van der Waals surface area contributed by atoms with Crippen LogP contribution < -0.4 is 20.7 Å². The van der Waals surface area contributed by atoms with Gasteiger partial charge in [0.1, 0.15) is 11.0 Å². The van der Waals surface area contributed by atoms with E-state index in [0.29, 0.717) is 0 Å². The molecule has 0 bridgehead atoms. The van der Waals surface area contributed by atoms with Crippen molar-refractivity contribution in [3.63, 3.8) is 0 Å². The molecule has 0 atom stereocenters. The Morgan fingerprint density at radius 1 is 1.04 bits per heavy atom. The lowest BCUT2D eigenvalue weighted by Gasteiger charge is -2.41. The number of aromatic nitrogens is 3. The third-order valence-corrected chi connectivity index (χ3v) is 9.34. The highest BCUT2D eigenvalue weighted by molar-refractivity contribution is 6.39. The number of ether oxygens (including phenoxy) is 1. The van der Waals surface area contributed by atoms with Crippen LogP contribution in [-0.2, 0) is 11.3 Å². The van der Waals surface area contributed by atoms with Crippen molar-refractivity contribution in [3.8, 4) is 5.88 Å². The van der Waals surface area contributed by atoms with Crippen molar-refractivity contribution in [2.75, 3.05) is 11.9 Å². The molecule has 1 aromatic carbocycles. The van der Waals surface area contributed by atoms with Gasteiger partial charge < -0.3 is 25.7 Å². The van der Waals surface area contributed by atoms with E-state index in [9.17, 15) is 44.7 Å². The highest BCUT2D eigenvalue weighted by Gasteiger charge is 2.63. The number of hydrogen-bond donors (Lipinski definition) is 4. The first kappa shape index (κ1) is 35.7. The second-order valence-corrected chi connectivity index (χ2v) is 12.5. The van der Waals surface area contributed by atoms with Crippen LogP contribution in [0.2, 0.25) is 10.0 Å². The molecule has 19 heteroatoms. The first-order valence-electron chi connectivity index (χ1n) is 14.8. The number of alkyl halides is 8. The number of amides is 2. The Bertz CT molecular complexity index is 1670. The van der Waals surface area contributed by atoms with Crippen LogP contribution in [0.5, 0.6) is 5.88 Å². The summed E-state index contributed by atoms with van der Waals surface area (Å²) in [7, 11) is 0. The Morgan fingerprint density at radius 3 is 2.31 bits per heavy atom. The molecule has 2 amide bonds. The third-order valence-electron chi connectivity index (χ3n) is 8.59. The van der Waals surface area contributed by atoms with Gasteiger partial charge >= 0.3 is 12.4 Å². The molecule has 5 rings (SSSR count). The van der Waals surface area contributed by atoms with Crippen molar-refractivity contribution >= 4 is 57.8 Å². The molecule has 2 aromatic heterocycles. The number of halogens is 10. The largest absolute Gasteiger partial charge is 0.471 e. The Balaban J connectivity index is 1.34. The van der Waals surface area contributed by atoms with Crippen molar-refractivity contribution in [2.45, 2.75) is 76.3 Å². The number of nitrogens with one attached hydrogen (secondary N) is 4. The molecule has 3 aromatic rings. The smallest absolute Gasteiger partial charge is 0.403 e. The number of anilines is 2. The molecule has 0 saturated heterocycles. The summed E-state index contributed by atoms with van der Waals surface area (Å²) in [6.07, 6.45) is -12.6. The Morgan fingerprint density at radius 2 is 1.73 bits per heavy atom. The number of nitrogens with zero attached hydrogens (tertiary/aromatic N) is 2. The van der Waals surface area contributed by atoms with Crippen LogP contribution in [0.3, 0.4) is 0 Å². The van der Waals surface area contributed by atoms with Gasteiger partial charge in [0.15, 0.2) is 12.3 Å². The van der Waals surface area contributed by atoms with Crippen molar-refractivity contribution < 1.29 is 49.4 Å². The number of H-pyrrole nitrogens is 1. The number of hydrogen-bond acceptors (Lipinski definition) is 6. The predicted octanol–water partition coefficient (Wildman–Crippen LogP) is 7.85. The molecular weight excluding hydrogens is 703 g/mol. The maximum atomic E-state index is 13.6. The molecule has 0 radical (unpaired) electrons. The topological polar surface area (TPSA) is 121 Å². The summed E-state index contributed by atoms with van der Waals surface area (Å²) in [5.74, 6) is -3.97. The van der Waals surface area contributed by atoms with Gasteiger partial charge in [0.05, 0.1) is 27.2 Å². The van der Waals surface area contributed by atoms with E-state index in [4.69, 9.17) is 27.9 Å². The van der Waals surface area contributed by atoms with Crippen LogP contribution in [0.25, 0.3) is 11.2 Å². The summed E-state index contributed by atoms with van der Waals surface area (Å²) in [5.41, 5.74) is -2.39. The second-order valence-electron chi connectivity index (χ2n) is 11.7. The number of aromatic amines is 1. The standard InChI is InChI=1S/C29H28Cl2F8N6O3/c30-17-7-2-13(11-40-25(47)27(8-1-9-27)29(37,38)39)20(31)21(17)43-26-42-18-10-16(24(44-22(18)45-26)48-12-19(32)33)23(46)41-15-5-3-14(4-6-15)28(34,35)36/h2,7,10,14-15,19H,1,3-6,8-9,11-12H2,(H,40,47)(H,41,46)(H2,42,43,44,45)/t14-,15-. The van der Waals surface area contributed by atoms with Crippen LogP contribution in [0.4, 0.5) is 46.8 Å². The van der Waals surface area contributed by atoms with E-state index in [1.54, 1.807) is 0 Å². The monoisotopic (exact) mass is 730 g/mol. The fraction of sp³-hybridized carbons (Fsp3) is 0.517. The van der Waals surface area contributed by atoms with Gasteiger partial charge in [0, 0.05) is 12.6 Å². The molecule has 0 unspecified atom stereocenters. The zero-order chi connectivity index (χ0) is 35.0. The van der Waals surface area contributed by atoms with Gasteiger partial charge in [0.2, 0.25) is 17.7 Å². The number of carbonyl (C=O) groups is 2. The summed E-state index contributed by atoms with van der Waals surface area (Å²) in [6, 6.07) is 3.44. The molecule has 262 valence electrons. The Kier molecular flexibility index (Phi) is 10.2. The summed E-state index contributed by atoms with van der Waals surface area (Å²) in [6.45, 7) is -1.45. The fourth-order valence-corrected chi connectivity index (χ4v) is 6.24.